The van der Waals surface area contributed by atoms with Gasteiger partial charge in [0.05, 0.1) is 7.11 Å². The number of benzene rings is 1. The van der Waals surface area contributed by atoms with Gasteiger partial charge in [-0.3, -0.25) is 4.90 Å². The Balaban J connectivity index is 0.00000220. The molecule has 1 aliphatic heterocycles. The Hall–Kier alpha value is -0.680. The van der Waals surface area contributed by atoms with Crippen LogP contribution in [0.25, 0.3) is 0 Å². The first-order valence-electron chi connectivity index (χ1n) is 7.43. The van der Waals surface area contributed by atoms with Gasteiger partial charge in [0.1, 0.15) is 0 Å². The zero-order valence-electron chi connectivity index (χ0n) is 13.5. The predicted octanol–water partition coefficient (Wildman–Crippen LogP) is 3.24. The van der Waals surface area contributed by atoms with Gasteiger partial charge in [0, 0.05) is 32.2 Å². The molecule has 1 aromatic carbocycles. The van der Waals surface area contributed by atoms with Crippen LogP contribution in [0.4, 0.5) is 0 Å². The molecule has 0 aliphatic carbocycles. The largest absolute Gasteiger partial charge is 0.504 e. The van der Waals surface area contributed by atoms with Gasteiger partial charge in [0.25, 0.3) is 0 Å². The molecule has 0 radical (unpaired) electrons. The van der Waals surface area contributed by atoms with E-state index < -0.39 is 0 Å². The minimum absolute atomic E-state index is 0. The molecule has 1 saturated heterocycles. The number of nitrogens with zero attached hydrogens (tertiary/aromatic N) is 1. The second-order valence-corrected chi connectivity index (χ2v) is 5.86. The predicted molar refractivity (Wildman–Crippen MR) is 95.8 cm³/mol. The molecule has 0 saturated carbocycles. The summed E-state index contributed by atoms with van der Waals surface area (Å²) in [5.41, 5.74) is 1.18. The fraction of sp³-hybridized carbons (Fsp3) is 0.625. The van der Waals surface area contributed by atoms with Gasteiger partial charge in [-0.05, 0) is 30.0 Å². The molecule has 1 atom stereocenters. The summed E-state index contributed by atoms with van der Waals surface area (Å²) >= 11 is 0. The van der Waals surface area contributed by atoms with Crippen LogP contribution < -0.4 is 10.1 Å². The van der Waals surface area contributed by atoms with E-state index in [9.17, 15) is 5.11 Å². The lowest BCUT2D eigenvalue weighted by Crippen LogP contribution is -2.45. The van der Waals surface area contributed by atoms with Crippen molar-refractivity contribution in [1.82, 2.24) is 10.2 Å². The SMILES string of the molecule is COc1ccc([C@@H](CC(C)C)N2CCNCC2)cc1O.Cl.Cl. The maximum Gasteiger partial charge on any atom is 0.160 e. The molecule has 0 amide bonds. The highest BCUT2D eigenvalue weighted by Gasteiger charge is 2.23. The fourth-order valence-corrected chi connectivity index (χ4v) is 2.85. The highest BCUT2D eigenvalue weighted by atomic mass is 35.5. The number of phenolic OH excluding ortho intramolecular Hbond substituents is 1. The monoisotopic (exact) mass is 350 g/mol. The fourth-order valence-electron chi connectivity index (χ4n) is 2.85. The number of rotatable bonds is 5. The average Bonchev–Trinajstić information content (AvgIpc) is 2.45. The van der Waals surface area contributed by atoms with Crippen LogP contribution in [0.1, 0.15) is 31.9 Å². The van der Waals surface area contributed by atoms with Crippen LogP contribution in [-0.2, 0) is 0 Å². The number of aromatic hydroxyl groups is 1. The molecule has 0 aromatic heterocycles. The molecular formula is C16H28Cl2N2O2. The maximum atomic E-state index is 10.0. The molecule has 22 heavy (non-hydrogen) atoms. The van der Waals surface area contributed by atoms with Gasteiger partial charge in [0.15, 0.2) is 11.5 Å². The standard InChI is InChI=1S/C16H26N2O2.2ClH/c1-12(2)10-14(18-8-6-17-7-9-18)13-4-5-16(20-3)15(19)11-13;;/h4-5,11-12,14,17,19H,6-10H2,1-3H3;2*1H/t14-;;/m1../s1. The van der Waals surface area contributed by atoms with E-state index >= 15 is 0 Å². The summed E-state index contributed by atoms with van der Waals surface area (Å²) in [4.78, 5) is 2.51. The molecule has 6 heteroatoms. The molecule has 0 bridgehead atoms. The zero-order chi connectivity index (χ0) is 14.5. The van der Waals surface area contributed by atoms with Crippen LogP contribution in [0.3, 0.4) is 0 Å². The highest BCUT2D eigenvalue weighted by molar-refractivity contribution is 5.85. The molecule has 2 rings (SSSR count). The average molecular weight is 351 g/mol. The van der Waals surface area contributed by atoms with Crippen molar-refractivity contribution in [2.75, 3.05) is 33.3 Å². The number of methoxy groups -OCH3 is 1. The summed E-state index contributed by atoms with van der Waals surface area (Å²) in [6.07, 6.45) is 1.10. The molecule has 1 aliphatic rings. The van der Waals surface area contributed by atoms with E-state index in [0.717, 1.165) is 32.6 Å². The molecule has 1 heterocycles. The van der Waals surface area contributed by atoms with Crippen molar-refractivity contribution in [3.8, 4) is 11.5 Å². The van der Waals surface area contributed by atoms with Gasteiger partial charge in [-0.1, -0.05) is 19.9 Å². The number of halogens is 2. The van der Waals surface area contributed by atoms with Crippen molar-refractivity contribution in [3.63, 3.8) is 0 Å². The molecule has 1 aromatic rings. The van der Waals surface area contributed by atoms with Gasteiger partial charge in [0.2, 0.25) is 0 Å². The number of ether oxygens (including phenoxy) is 1. The van der Waals surface area contributed by atoms with E-state index in [1.54, 1.807) is 7.11 Å². The minimum atomic E-state index is 0. The number of hydrogen-bond donors (Lipinski definition) is 2. The third-order valence-corrected chi connectivity index (χ3v) is 3.87. The first kappa shape index (κ1) is 21.3. The molecule has 0 spiro atoms. The lowest BCUT2D eigenvalue weighted by molar-refractivity contribution is 0.154. The number of hydrogen-bond acceptors (Lipinski definition) is 4. The Morgan fingerprint density at radius 1 is 1.23 bits per heavy atom. The molecule has 0 unspecified atom stereocenters. The Morgan fingerprint density at radius 3 is 2.36 bits per heavy atom. The third-order valence-electron chi connectivity index (χ3n) is 3.87. The lowest BCUT2D eigenvalue weighted by atomic mass is 9.94. The summed E-state index contributed by atoms with van der Waals surface area (Å²) in [6, 6.07) is 6.16. The van der Waals surface area contributed by atoms with Gasteiger partial charge in [-0.15, -0.1) is 24.8 Å². The summed E-state index contributed by atoms with van der Waals surface area (Å²) in [5.74, 6) is 1.39. The highest BCUT2D eigenvalue weighted by Crippen LogP contribution is 2.34. The van der Waals surface area contributed by atoms with Crippen LogP contribution >= 0.6 is 24.8 Å². The van der Waals surface area contributed by atoms with Crippen molar-refractivity contribution >= 4 is 24.8 Å². The van der Waals surface area contributed by atoms with Crippen molar-refractivity contribution in [2.45, 2.75) is 26.3 Å². The number of nitrogens with one attached hydrogen (secondary N) is 1. The van der Waals surface area contributed by atoms with Gasteiger partial charge in [-0.25, -0.2) is 0 Å². The normalized spacial score (nSPS) is 16.5. The number of piperazine rings is 1. The third kappa shape index (κ3) is 5.51. The minimum Gasteiger partial charge on any atom is -0.504 e. The van der Waals surface area contributed by atoms with Crippen molar-refractivity contribution in [2.24, 2.45) is 5.92 Å². The quantitative estimate of drug-likeness (QED) is 0.855. The topological polar surface area (TPSA) is 44.7 Å². The Kier molecular flexibility index (Phi) is 9.85. The summed E-state index contributed by atoms with van der Waals surface area (Å²) in [7, 11) is 1.58. The lowest BCUT2D eigenvalue weighted by Gasteiger charge is -2.36. The van der Waals surface area contributed by atoms with E-state index in [0.29, 0.717) is 17.7 Å². The molecule has 2 N–H and O–H groups in total. The van der Waals surface area contributed by atoms with Gasteiger partial charge < -0.3 is 15.2 Å². The zero-order valence-corrected chi connectivity index (χ0v) is 15.2. The maximum absolute atomic E-state index is 10.0. The van der Waals surface area contributed by atoms with Crippen LogP contribution in [0, 0.1) is 5.92 Å². The van der Waals surface area contributed by atoms with E-state index in [1.165, 1.54) is 5.56 Å². The van der Waals surface area contributed by atoms with Crippen molar-refractivity contribution in [3.05, 3.63) is 23.8 Å². The van der Waals surface area contributed by atoms with E-state index in [-0.39, 0.29) is 30.6 Å². The number of phenols is 1. The molecular weight excluding hydrogens is 323 g/mol. The van der Waals surface area contributed by atoms with Crippen LogP contribution in [0.15, 0.2) is 18.2 Å². The Labute approximate surface area is 146 Å². The second-order valence-electron chi connectivity index (χ2n) is 5.86. The van der Waals surface area contributed by atoms with Crippen LogP contribution in [-0.4, -0.2) is 43.3 Å². The molecule has 1 fully saturated rings. The summed E-state index contributed by atoms with van der Waals surface area (Å²) in [5, 5.41) is 13.4. The second kappa shape index (κ2) is 10.2. The Bertz CT molecular complexity index is 438. The first-order valence-corrected chi connectivity index (χ1v) is 7.43. The van der Waals surface area contributed by atoms with Gasteiger partial charge >= 0.3 is 0 Å². The van der Waals surface area contributed by atoms with Crippen LogP contribution in [0.5, 0.6) is 11.5 Å². The smallest absolute Gasteiger partial charge is 0.160 e. The summed E-state index contributed by atoms with van der Waals surface area (Å²) in [6.45, 7) is 8.69. The van der Waals surface area contributed by atoms with E-state index in [2.05, 4.69) is 30.1 Å². The van der Waals surface area contributed by atoms with Gasteiger partial charge in [-0.2, -0.15) is 0 Å². The molecule has 128 valence electrons. The first-order chi connectivity index (χ1) is 9.61. The van der Waals surface area contributed by atoms with E-state index in [4.69, 9.17) is 4.74 Å². The Morgan fingerprint density at radius 2 is 1.86 bits per heavy atom. The van der Waals surface area contributed by atoms with Crippen molar-refractivity contribution < 1.29 is 9.84 Å². The summed E-state index contributed by atoms with van der Waals surface area (Å²) < 4.78 is 5.13. The van der Waals surface area contributed by atoms with Crippen LogP contribution in [0.2, 0.25) is 0 Å². The van der Waals surface area contributed by atoms with Crippen molar-refractivity contribution in [1.29, 1.82) is 0 Å². The molecule has 4 nitrogen and oxygen atoms in total. The van der Waals surface area contributed by atoms with E-state index in [1.807, 2.05) is 12.1 Å².